The molecule has 2 heterocycles. The van der Waals surface area contributed by atoms with Crippen molar-refractivity contribution >= 4 is 11.6 Å². The monoisotopic (exact) mass is 312 g/mol. The molecule has 0 fully saturated rings. The summed E-state index contributed by atoms with van der Waals surface area (Å²) >= 11 is 5.88. The van der Waals surface area contributed by atoms with E-state index in [1.54, 1.807) is 19.4 Å². The van der Waals surface area contributed by atoms with Crippen LogP contribution < -0.4 is 10.1 Å². The average Bonchev–Trinajstić information content (AvgIpc) is 3.05. The summed E-state index contributed by atoms with van der Waals surface area (Å²) < 4.78 is 12.9. The maximum Gasteiger partial charge on any atom is 0.193 e. The van der Waals surface area contributed by atoms with E-state index in [2.05, 4.69) is 15.3 Å². The molecule has 1 atom stereocenters. The van der Waals surface area contributed by atoms with E-state index in [1.807, 2.05) is 31.9 Å². The van der Waals surface area contributed by atoms with Crippen molar-refractivity contribution in [2.24, 2.45) is 0 Å². The van der Waals surface area contributed by atoms with E-state index < -0.39 is 0 Å². The van der Waals surface area contributed by atoms with Gasteiger partial charge in [0.05, 0.1) is 19.9 Å². The first-order valence-electron chi connectivity index (χ1n) is 6.73. The lowest BCUT2D eigenvalue weighted by Crippen LogP contribution is -2.25. The number of furan rings is 1. The van der Waals surface area contributed by atoms with Crippen LogP contribution in [0.5, 0.6) is 5.75 Å². The van der Waals surface area contributed by atoms with Crippen LogP contribution in [0.4, 0.5) is 0 Å². The molecule has 1 N–H and O–H groups in total. The van der Waals surface area contributed by atoms with Gasteiger partial charge in [0.2, 0.25) is 0 Å². The van der Waals surface area contributed by atoms with Gasteiger partial charge >= 0.3 is 0 Å². The summed E-state index contributed by atoms with van der Waals surface area (Å²) in [5, 5.41) is 8.00. The molecule has 0 saturated carbocycles. The van der Waals surface area contributed by atoms with Crippen molar-refractivity contribution in [3.63, 3.8) is 0 Å². The summed E-state index contributed by atoms with van der Waals surface area (Å²) in [7, 11) is 7.56. The van der Waals surface area contributed by atoms with E-state index in [-0.39, 0.29) is 6.04 Å². The van der Waals surface area contributed by atoms with Gasteiger partial charge < -0.3 is 19.4 Å². The highest BCUT2D eigenvalue weighted by Crippen LogP contribution is 2.31. The molecular formula is C14H21ClN4O2. The van der Waals surface area contributed by atoms with Crippen molar-refractivity contribution in [2.45, 2.75) is 12.6 Å². The van der Waals surface area contributed by atoms with Crippen LogP contribution >= 0.6 is 11.6 Å². The van der Waals surface area contributed by atoms with Gasteiger partial charge in [0.1, 0.15) is 17.5 Å². The molecule has 1 unspecified atom stereocenters. The fraction of sp³-hybridized carbons (Fsp3) is 0.500. The molecular weight excluding hydrogens is 292 g/mol. The molecule has 0 saturated heterocycles. The lowest BCUT2D eigenvalue weighted by Gasteiger charge is -2.18. The zero-order valence-corrected chi connectivity index (χ0v) is 13.5. The topological polar surface area (TPSA) is 55.5 Å². The first-order chi connectivity index (χ1) is 10.1. The minimum Gasteiger partial charge on any atom is -0.493 e. The maximum atomic E-state index is 5.88. The van der Waals surface area contributed by atoms with Crippen molar-refractivity contribution in [1.29, 1.82) is 0 Å². The molecule has 2 aromatic heterocycles. The van der Waals surface area contributed by atoms with Gasteiger partial charge in [-0.25, -0.2) is 0 Å². The van der Waals surface area contributed by atoms with Gasteiger partial charge in [-0.15, -0.1) is 0 Å². The third-order valence-electron chi connectivity index (χ3n) is 3.26. The molecule has 21 heavy (non-hydrogen) atoms. The number of hydrogen-bond donors (Lipinski definition) is 1. The van der Waals surface area contributed by atoms with Crippen molar-refractivity contribution in [3.05, 3.63) is 35.0 Å². The Hall–Kier alpha value is -1.50. The SMILES string of the molecule is CNC(c1ccc(Cl)o1)c1c(OC)cnn1CCN(C)C. The second-order valence-electron chi connectivity index (χ2n) is 4.99. The number of hydrogen-bond acceptors (Lipinski definition) is 5. The molecule has 0 aliphatic rings. The average molecular weight is 313 g/mol. The Morgan fingerprint density at radius 2 is 2.24 bits per heavy atom. The summed E-state index contributed by atoms with van der Waals surface area (Å²) in [5.41, 5.74) is 0.924. The third kappa shape index (κ3) is 3.58. The highest BCUT2D eigenvalue weighted by Gasteiger charge is 2.25. The van der Waals surface area contributed by atoms with E-state index in [9.17, 15) is 0 Å². The van der Waals surface area contributed by atoms with Crippen molar-refractivity contribution < 1.29 is 9.15 Å². The predicted molar refractivity (Wildman–Crippen MR) is 82.0 cm³/mol. The summed E-state index contributed by atoms with van der Waals surface area (Å²) in [6, 6.07) is 3.41. The Kier molecular flexibility index (Phi) is 5.27. The Labute approximate surface area is 129 Å². The minimum atomic E-state index is -0.169. The van der Waals surface area contributed by atoms with Gasteiger partial charge in [-0.05, 0) is 44.9 Å². The predicted octanol–water partition coefficient (Wildman–Crippen LogP) is 2.01. The quantitative estimate of drug-likeness (QED) is 0.847. The zero-order chi connectivity index (χ0) is 15.4. The van der Waals surface area contributed by atoms with Crippen LogP contribution in [-0.2, 0) is 6.54 Å². The van der Waals surface area contributed by atoms with E-state index >= 15 is 0 Å². The fourth-order valence-electron chi connectivity index (χ4n) is 2.20. The Morgan fingerprint density at radius 3 is 2.76 bits per heavy atom. The molecule has 116 valence electrons. The molecule has 0 aliphatic carbocycles. The molecule has 2 aromatic rings. The van der Waals surface area contributed by atoms with Crippen LogP contribution in [0, 0.1) is 0 Å². The number of halogens is 1. The number of aromatic nitrogens is 2. The summed E-state index contributed by atoms with van der Waals surface area (Å²) in [6.07, 6.45) is 1.72. The number of methoxy groups -OCH3 is 1. The van der Waals surface area contributed by atoms with Gasteiger partial charge in [-0.2, -0.15) is 5.10 Å². The lowest BCUT2D eigenvalue weighted by molar-refractivity contribution is 0.354. The normalized spacial score (nSPS) is 12.9. The van der Waals surface area contributed by atoms with Crippen LogP contribution in [0.3, 0.4) is 0 Å². The second-order valence-corrected chi connectivity index (χ2v) is 5.36. The highest BCUT2D eigenvalue weighted by atomic mass is 35.5. The van der Waals surface area contributed by atoms with Gasteiger partial charge in [-0.3, -0.25) is 4.68 Å². The molecule has 0 aliphatic heterocycles. The molecule has 0 aromatic carbocycles. The van der Waals surface area contributed by atoms with Crippen LogP contribution in [-0.4, -0.2) is 49.5 Å². The molecule has 7 heteroatoms. The minimum absolute atomic E-state index is 0.169. The van der Waals surface area contributed by atoms with E-state index in [1.165, 1.54) is 0 Å². The Balaban J connectivity index is 2.36. The van der Waals surface area contributed by atoms with Crippen LogP contribution in [0.25, 0.3) is 0 Å². The number of rotatable bonds is 7. The number of ether oxygens (including phenoxy) is 1. The number of nitrogens with zero attached hydrogens (tertiary/aromatic N) is 3. The number of likely N-dealkylation sites (N-methyl/N-ethyl adjacent to an activating group) is 1. The van der Waals surface area contributed by atoms with Crippen LogP contribution in [0.1, 0.15) is 17.5 Å². The van der Waals surface area contributed by atoms with E-state index in [0.29, 0.717) is 5.22 Å². The standard InChI is InChI=1S/C14H21ClN4O2/c1-16-13(10-5-6-12(15)21-10)14-11(20-4)9-17-19(14)8-7-18(2)3/h5-6,9,13,16H,7-8H2,1-4H3. The molecule has 0 amide bonds. The van der Waals surface area contributed by atoms with Gasteiger partial charge in [-0.1, -0.05) is 0 Å². The molecule has 0 bridgehead atoms. The third-order valence-corrected chi connectivity index (χ3v) is 3.47. The molecule has 0 radical (unpaired) electrons. The summed E-state index contributed by atoms with van der Waals surface area (Å²) in [5.74, 6) is 1.45. The maximum absolute atomic E-state index is 5.88. The van der Waals surface area contributed by atoms with Crippen LogP contribution in [0.2, 0.25) is 5.22 Å². The summed E-state index contributed by atoms with van der Waals surface area (Å²) in [4.78, 5) is 2.11. The van der Waals surface area contributed by atoms with Gasteiger partial charge in [0.15, 0.2) is 11.0 Å². The Morgan fingerprint density at radius 1 is 1.48 bits per heavy atom. The lowest BCUT2D eigenvalue weighted by atomic mass is 10.1. The van der Waals surface area contributed by atoms with E-state index in [0.717, 1.165) is 30.3 Å². The zero-order valence-electron chi connectivity index (χ0n) is 12.8. The van der Waals surface area contributed by atoms with Crippen molar-refractivity contribution in [1.82, 2.24) is 20.0 Å². The van der Waals surface area contributed by atoms with E-state index in [4.69, 9.17) is 20.8 Å². The first-order valence-corrected chi connectivity index (χ1v) is 7.11. The molecule has 0 spiro atoms. The second kappa shape index (κ2) is 6.98. The molecule has 6 nitrogen and oxygen atoms in total. The van der Waals surface area contributed by atoms with Crippen molar-refractivity contribution in [3.8, 4) is 5.75 Å². The Bertz CT molecular complexity index is 579. The highest BCUT2D eigenvalue weighted by molar-refractivity contribution is 6.28. The first kappa shape index (κ1) is 15.9. The van der Waals surface area contributed by atoms with Crippen LogP contribution in [0.15, 0.2) is 22.7 Å². The number of nitrogens with one attached hydrogen (secondary N) is 1. The van der Waals surface area contributed by atoms with Gasteiger partial charge in [0, 0.05) is 6.54 Å². The van der Waals surface area contributed by atoms with Crippen molar-refractivity contribution in [2.75, 3.05) is 34.8 Å². The molecule has 2 rings (SSSR count). The fourth-order valence-corrected chi connectivity index (χ4v) is 2.35. The summed E-state index contributed by atoms with van der Waals surface area (Å²) in [6.45, 7) is 1.64. The van der Waals surface area contributed by atoms with Gasteiger partial charge in [0.25, 0.3) is 0 Å². The smallest absolute Gasteiger partial charge is 0.193 e. The largest absolute Gasteiger partial charge is 0.493 e.